The zero-order valence-electron chi connectivity index (χ0n) is 18.1. The van der Waals surface area contributed by atoms with Crippen LogP contribution in [0, 0.1) is 0 Å². The summed E-state index contributed by atoms with van der Waals surface area (Å²) in [6.45, 7) is 0. The highest BCUT2D eigenvalue weighted by Gasteiger charge is 2.27. The maximum atomic E-state index is 14.0. The molecule has 168 valence electrons. The normalized spacial score (nSPS) is 11.9. The lowest BCUT2D eigenvalue weighted by molar-refractivity contribution is 0.0600. The molecule has 0 aliphatic rings. The number of fused-ring (bicyclic) bond motifs is 1. The predicted octanol–water partition coefficient (Wildman–Crippen LogP) is 5.80. The Kier molecular flexibility index (Phi) is 5.74. The lowest BCUT2D eigenvalue weighted by Gasteiger charge is -2.21. The summed E-state index contributed by atoms with van der Waals surface area (Å²) in [5.41, 5.74) is 3.52. The van der Waals surface area contributed by atoms with Gasteiger partial charge in [0.2, 0.25) is 5.89 Å². The van der Waals surface area contributed by atoms with Crippen LogP contribution in [0.15, 0.2) is 94.5 Å². The number of benzene rings is 3. The van der Waals surface area contributed by atoms with Crippen molar-refractivity contribution in [3.8, 4) is 11.6 Å². The van der Waals surface area contributed by atoms with E-state index < -0.39 is 11.9 Å². The van der Waals surface area contributed by atoms with E-state index in [1.165, 1.54) is 19.6 Å². The smallest absolute Gasteiger partial charge is 0.337 e. The average molecular weight is 471 g/mol. The molecule has 34 heavy (non-hydrogen) atoms. The number of aromatic nitrogens is 2. The molecule has 0 amide bonds. The van der Waals surface area contributed by atoms with Gasteiger partial charge in [-0.25, -0.2) is 9.78 Å². The van der Waals surface area contributed by atoms with Crippen molar-refractivity contribution in [1.29, 1.82) is 0 Å². The number of nitrogens with one attached hydrogen (secondary N) is 1. The Bertz CT molecular complexity index is 1530. The number of oxazole rings is 1. The number of methoxy groups -OCH3 is 1. The van der Waals surface area contributed by atoms with Crippen molar-refractivity contribution in [3.05, 3.63) is 123 Å². The van der Waals surface area contributed by atoms with Crippen LogP contribution in [0.3, 0.4) is 0 Å². The Balaban J connectivity index is 1.82. The maximum absolute atomic E-state index is 14.0. The van der Waals surface area contributed by atoms with Crippen molar-refractivity contribution in [3.63, 3.8) is 0 Å². The van der Waals surface area contributed by atoms with Gasteiger partial charge in [-0.1, -0.05) is 54.1 Å². The molecule has 0 radical (unpaired) electrons. The van der Waals surface area contributed by atoms with Gasteiger partial charge in [0.15, 0.2) is 5.43 Å². The largest absolute Gasteiger partial charge is 0.465 e. The molecule has 0 saturated heterocycles. The van der Waals surface area contributed by atoms with Crippen molar-refractivity contribution < 1.29 is 13.9 Å². The number of carbonyl (C=O) groups excluding carboxylic acids is 1. The molecule has 0 spiro atoms. The molecule has 0 bridgehead atoms. The molecule has 1 unspecified atom stereocenters. The summed E-state index contributed by atoms with van der Waals surface area (Å²) in [4.78, 5) is 33.6. The topological polar surface area (TPSA) is 85.2 Å². The number of rotatable bonds is 5. The highest BCUT2D eigenvalue weighted by atomic mass is 35.5. The fourth-order valence-electron chi connectivity index (χ4n) is 4.17. The minimum Gasteiger partial charge on any atom is -0.465 e. The molecule has 0 aliphatic carbocycles. The second kappa shape index (κ2) is 9.00. The molecule has 1 atom stereocenters. The second-order valence-corrected chi connectivity index (χ2v) is 8.16. The van der Waals surface area contributed by atoms with Crippen LogP contribution in [-0.2, 0) is 4.74 Å². The van der Waals surface area contributed by atoms with Gasteiger partial charge < -0.3 is 14.1 Å². The number of carbonyl (C=O) groups is 1. The fraction of sp³-hybridized carbons (Fsp3) is 0.0741. The summed E-state index contributed by atoms with van der Waals surface area (Å²) < 4.78 is 10.4. The van der Waals surface area contributed by atoms with Crippen LogP contribution >= 0.6 is 11.6 Å². The zero-order valence-corrected chi connectivity index (χ0v) is 18.9. The summed E-state index contributed by atoms with van der Waals surface area (Å²) in [5.74, 6) is -0.594. The number of ether oxygens (including phenoxy) is 1. The quantitative estimate of drug-likeness (QED) is 0.328. The van der Waals surface area contributed by atoms with Gasteiger partial charge in [-0.3, -0.25) is 4.79 Å². The Morgan fingerprint density at radius 2 is 1.76 bits per heavy atom. The van der Waals surface area contributed by atoms with Gasteiger partial charge in [0.25, 0.3) is 0 Å². The van der Waals surface area contributed by atoms with E-state index in [2.05, 4.69) is 9.97 Å². The first kappa shape index (κ1) is 21.7. The number of pyridine rings is 1. The molecule has 2 heterocycles. The fourth-order valence-corrected chi connectivity index (χ4v) is 4.34. The summed E-state index contributed by atoms with van der Waals surface area (Å²) in [6, 6.07) is 21.8. The van der Waals surface area contributed by atoms with Gasteiger partial charge >= 0.3 is 5.97 Å². The van der Waals surface area contributed by atoms with Crippen molar-refractivity contribution in [2.75, 3.05) is 7.11 Å². The molecule has 3 aromatic carbocycles. The second-order valence-electron chi connectivity index (χ2n) is 7.73. The highest BCUT2D eigenvalue weighted by Crippen LogP contribution is 2.36. The van der Waals surface area contributed by atoms with Crippen molar-refractivity contribution in [1.82, 2.24) is 9.97 Å². The van der Waals surface area contributed by atoms with Crippen molar-refractivity contribution in [2.24, 2.45) is 0 Å². The Hall–Kier alpha value is -4.16. The van der Waals surface area contributed by atoms with E-state index in [0.717, 1.165) is 11.1 Å². The molecule has 0 aliphatic heterocycles. The number of hydrogen-bond donors (Lipinski definition) is 1. The molecule has 0 saturated carbocycles. The summed E-state index contributed by atoms with van der Waals surface area (Å²) >= 11 is 6.20. The molecule has 0 fully saturated rings. The SMILES string of the molecule is COC(=O)c1ccc(C(c2ccccc2)c2c(-c3ncco3)[nH]c3cc(Cl)ccc3c2=O)cc1. The lowest BCUT2D eigenvalue weighted by atomic mass is 9.83. The molecule has 7 heteroatoms. The molecule has 5 aromatic rings. The van der Waals surface area contributed by atoms with Gasteiger partial charge in [-0.2, -0.15) is 0 Å². The third-order valence-electron chi connectivity index (χ3n) is 5.73. The third-order valence-corrected chi connectivity index (χ3v) is 5.97. The van der Waals surface area contributed by atoms with Crippen LogP contribution in [-0.4, -0.2) is 23.0 Å². The number of esters is 1. The monoisotopic (exact) mass is 470 g/mol. The number of H-pyrrole nitrogens is 1. The summed E-state index contributed by atoms with van der Waals surface area (Å²) in [7, 11) is 1.34. The van der Waals surface area contributed by atoms with Gasteiger partial charge in [0.1, 0.15) is 12.0 Å². The maximum Gasteiger partial charge on any atom is 0.337 e. The van der Waals surface area contributed by atoms with E-state index >= 15 is 0 Å². The average Bonchev–Trinajstić information content (AvgIpc) is 3.41. The Morgan fingerprint density at radius 3 is 2.44 bits per heavy atom. The van der Waals surface area contributed by atoms with Crippen molar-refractivity contribution >= 4 is 28.5 Å². The molecule has 6 nitrogen and oxygen atoms in total. The first-order valence-electron chi connectivity index (χ1n) is 10.6. The summed E-state index contributed by atoms with van der Waals surface area (Å²) in [5, 5.41) is 1.01. The standard InChI is InChI=1S/C27H19ClN2O4/c1-33-27(32)18-9-7-17(8-10-18)22(16-5-3-2-4-6-16)23-24(26-29-13-14-34-26)30-21-15-19(28)11-12-20(21)25(23)31/h2-15,22H,1H3,(H,30,31). The minimum absolute atomic E-state index is 0.162. The minimum atomic E-state index is -0.460. The van der Waals surface area contributed by atoms with Gasteiger partial charge in [0, 0.05) is 21.9 Å². The number of halogens is 1. The van der Waals surface area contributed by atoms with E-state index in [9.17, 15) is 9.59 Å². The van der Waals surface area contributed by atoms with Crippen LogP contribution < -0.4 is 5.43 Å². The van der Waals surface area contributed by atoms with Crippen LogP contribution in [0.1, 0.15) is 33.0 Å². The molecule has 5 rings (SSSR count). The first-order valence-corrected chi connectivity index (χ1v) is 10.9. The Labute approximate surface area is 199 Å². The van der Waals surface area contributed by atoms with Crippen molar-refractivity contribution in [2.45, 2.75) is 5.92 Å². The van der Waals surface area contributed by atoms with E-state index in [1.54, 1.807) is 30.3 Å². The van der Waals surface area contributed by atoms with E-state index in [0.29, 0.717) is 38.6 Å². The van der Waals surface area contributed by atoms with Crippen LogP contribution in [0.5, 0.6) is 0 Å². The van der Waals surface area contributed by atoms with E-state index in [4.69, 9.17) is 20.8 Å². The summed E-state index contributed by atoms with van der Waals surface area (Å²) in [6.07, 6.45) is 2.99. The molecular formula is C27H19ClN2O4. The highest BCUT2D eigenvalue weighted by molar-refractivity contribution is 6.31. The Morgan fingerprint density at radius 1 is 1.03 bits per heavy atom. The van der Waals surface area contributed by atoms with Crippen LogP contribution in [0.2, 0.25) is 5.02 Å². The van der Waals surface area contributed by atoms with E-state index in [-0.39, 0.29) is 5.43 Å². The lowest BCUT2D eigenvalue weighted by Crippen LogP contribution is -2.19. The van der Waals surface area contributed by atoms with Gasteiger partial charge in [0.05, 0.1) is 24.4 Å². The molecule has 1 N–H and O–H groups in total. The molecular weight excluding hydrogens is 452 g/mol. The van der Waals surface area contributed by atoms with Gasteiger partial charge in [-0.05, 0) is 41.5 Å². The van der Waals surface area contributed by atoms with Gasteiger partial charge in [-0.15, -0.1) is 0 Å². The third kappa shape index (κ3) is 3.89. The van der Waals surface area contributed by atoms with Crippen LogP contribution in [0.25, 0.3) is 22.5 Å². The molecule has 2 aromatic heterocycles. The number of hydrogen-bond acceptors (Lipinski definition) is 5. The van der Waals surface area contributed by atoms with E-state index in [1.807, 2.05) is 42.5 Å². The number of nitrogens with zero attached hydrogens (tertiary/aromatic N) is 1. The number of aromatic amines is 1. The van der Waals surface area contributed by atoms with Crippen LogP contribution in [0.4, 0.5) is 0 Å². The first-order chi connectivity index (χ1) is 16.6. The zero-order chi connectivity index (χ0) is 23.7. The predicted molar refractivity (Wildman–Crippen MR) is 130 cm³/mol.